The molecule has 17 heavy (non-hydrogen) atoms. The predicted octanol–water partition coefficient (Wildman–Crippen LogP) is 2.71. The fourth-order valence-corrected chi connectivity index (χ4v) is 2.95. The fraction of sp³-hybridized carbons (Fsp3) is 0.357. The number of rotatable bonds is 2. The Balaban J connectivity index is 2.16. The van der Waals surface area contributed by atoms with E-state index in [1.165, 1.54) is 22.9 Å². The van der Waals surface area contributed by atoms with E-state index < -0.39 is 0 Å². The molecule has 1 aliphatic rings. The number of nitrogens with one attached hydrogen (secondary N) is 1. The Hall–Kier alpha value is -1.06. The van der Waals surface area contributed by atoms with Crippen LogP contribution in [0.1, 0.15) is 18.9 Å². The maximum Gasteiger partial charge on any atom is 0.186 e. The molecule has 0 spiro atoms. The zero-order chi connectivity index (χ0) is 12.1. The quantitative estimate of drug-likeness (QED) is 0.871. The molecule has 1 N–H and O–H groups in total. The zero-order valence-corrected chi connectivity index (χ0v) is 10.8. The lowest BCUT2D eigenvalue weighted by Crippen LogP contribution is -2.32. The lowest BCUT2D eigenvalue weighted by Gasteiger charge is -2.25. The van der Waals surface area contributed by atoms with Crippen LogP contribution in [-0.4, -0.2) is 23.5 Å². The van der Waals surface area contributed by atoms with Crippen LogP contribution in [0.3, 0.4) is 0 Å². The SMILES string of the molecule is CC(=O)SC1CCNCC1=Cc1ccccc1. The van der Waals surface area contributed by atoms with Crippen molar-refractivity contribution in [3.8, 4) is 0 Å². The summed E-state index contributed by atoms with van der Waals surface area (Å²) in [6.07, 6.45) is 3.23. The second kappa shape index (κ2) is 6.03. The van der Waals surface area contributed by atoms with Crippen molar-refractivity contribution >= 4 is 23.0 Å². The molecule has 1 aromatic carbocycles. The van der Waals surface area contributed by atoms with Gasteiger partial charge in [0.2, 0.25) is 0 Å². The zero-order valence-electron chi connectivity index (χ0n) is 9.98. The molecule has 0 aliphatic carbocycles. The lowest BCUT2D eigenvalue weighted by atomic mass is 10.0. The first-order chi connectivity index (χ1) is 8.25. The van der Waals surface area contributed by atoms with Gasteiger partial charge in [-0.05, 0) is 24.1 Å². The Kier molecular flexibility index (Phi) is 4.40. The molecule has 1 fully saturated rings. The van der Waals surface area contributed by atoms with Crippen LogP contribution in [0.25, 0.3) is 6.08 Å². The molecule has 3 heteroatoms. The van der Waals surface area contributed by atoms with E-state index in [2.05, 4.69) is 23.5 Å². The highest BCUT2D eigenvalue weighted by atomic mass is 32.2. The monoisotopic (exact) mass is 247 g/mol. The van der Waals surface area contributed by atoms with Gasteiger partial charge in [-0.1, -0.05) is 48.2 Å². The molecule has 0 bridgehead atoms. The molecule has 1 unspecified atom stereocenters. The molecule has 1 aromatic rings. The van der Waals surface area contributed by atoms with Crippen molar-refractivity contribution < 1.29 is 4.79 Å². The number of piperidine rings is 1. The summed E-state index contributed by atoms with van der Waals surface area (Å²) in [5.74, 6) is 0. The lowest BCUT2D eigenvalue weighted by molar-refractivity contribution is -0.109. The number of hydrogen-bond donors (Lipinski definition) is 1. The molecule has 1 heterocycles. The van der Waals surface area contributed by atoms with E-state index in [-0.39, 0.29) is 5.12 Å². The first kappa shape index (κ1) is 12.4. The minimum atomic E-state index is 0.205. The van der Waals surface area contributed by atoms with Gasteiger partial charge < -0.3 is 5.32 Å². The number of carbonyl (C=O) groups excluding carboxylic acids is 1. The molecule has 90 valence electrons. The van der Waals surface area contributed by atoms with Gasteiger partial charge in [0, 0.05) is 18.7 Å². The van der Waals surface area contributed by atoms with Crippen molar-refractivity contribution in [2.24, 2.45) is 0 Å². The predicted molar refractivity (Wildman–Crippen MR) is 74.0 cm³/mol. The van der Waals surface area contributed by atoms with Crippen molar-refractivity contribution in [1.82, 2.24) is 5.32 Å². The van der Waals surface area contributed by atoms with Crippen LogP contribution in [0.4, 0.5) is 0 Å². The summed E-state index contributed by atoms with van der Waals surface area (Å²) in [6, 6.07) is 10.3. The van der Waals surface area contributed by atoms with Crippen molar-refractivity contribution in [2.45, 2.75) is 18.6 Å². The maximum absolute atomic E-state index is 11.2. The third-order valence-corrected chi connectivity index (χ3v) is 3.94. The highest BCUT2D eigenvalue weighted by molar-refractivity contribution is 8.14. The van der Waals surface area contributed by atoms with Gasteiger partial charge in [0.15, 0.2) is 5.12 Å². The number of carbonyl (C=O) groups is 1. The third kappa shape index (κ3) is 3.72. The molecule has 0 radical (unpaired) electrons. The molecule has 0 amide bonds. The van der Waals surface area contributed by atoms with E-state index >= 15 is 0 Å². The summed E-state index contributed by atoms with van der Waals surface area (Å²) in [7, 11) is 0. The van der Waals surface area contributed by atoms with Gasteiger partial charge in [0.05, 0.1) is 0 Å². The summed E-state index contributed by atoms with van der Waals surface area (Å²) in [4.78, 5) is 11.2. The maximum atomic E-state index is 11.2. The first-order valence-electron chi connectivity index (χ1n) is 5.89. The standard InChI is InChI=1S/C14H17NOS/c1-11(16)17-14-7-8-15-10-13(14)9-12-5-3-2-4-6-12/h2-6,9,14-15H,7-8,10H2,1H3. The second-order valence-electron chi connectivity index (χ2n) is 4.19. The van der Waals surface area contributed by atoms with E-state index in [9.17, 15) is 4.79 Å². The average Bonchev–Trinajstić information content (AvgIpc) is 2.32. The molecule has 1 aliphatic heterocycles. The highest BCUT2D eigenvalue weighted by Gasteiger charge is 2.20. The van der Waals surface area contributed by atoms with E-state index in [1.54, 1.807) is 6.92 Å². The Labute approximate surface area is 106 Å². The smallest absolute Gasteiger partial charge is 0.186 e. The normalized spacial score (nSPS) is 22.6. The Bertz CT molecular complexity index is 413. The molecule has 1 atom stereocenters. The first-order valence-corrected chi connectivity index (χ1v) is 6.77. The van der Waals surface area contributed by atoms with Crippen LogP contribution in [-0.2, 0) is 4.79 Å². The van der Waals surface area contributed by atoms with Crippen molar-refractivity contribution in [3.63, 3.8) is 0 Å². The Morgan fingerprint density at radius 1 is 1.41 bits per heavy atom. The van der Waals surface area contributed by atoms with Crippen LogP contribution < -0.4 is 5.32 Å². The third-order valence-electron chi connectivity index (χ3n) is 2.79. The number of benzene rings is 1. The van der Waals surface area contributed by atoms with Crippen LogP contribution in [0.2, 0.25) is 0 Å². The van der Waals surface area contributed by atoms with E-state index in [1.807, 2.05) is 18.2 Å². The topological polar surface area (TPSA) is 29.1 Å². The molecule has 1 saturated heterocycles. The van der Waals surface area contributed by atoms with Gasteiger partial charge in [-0.2, -0.15) is 0 Å². The van der Waals surface area contributed by atoms with Crippen LogP contribution in [0, 0.1) is 0 Å². The number of thioether (sulfide) groups is 1. The second-order valence-corrected chi connectivity index (χ2v) is 5.57. The Morgan fingerprint density at radius 2 is 2.18 bits per heavy atom. The molecule has 2 rings (SSSR count). The molecule has 0 saturated carbocycles. The molecular formula is C14H17NOS. The number of hydrogen-bond acceptors (Lipinski definition) is 3. The van der Waals surface area contributed by atoms with E-state index in [0.717, 1.165) is 19.5 Å². The van der Waals surface area contributed by atoms with Gasteiger partial charge in [-0.15, -0.1) is 0 Å². The van der Waals surface area contributed by atoms with Gasteiger partial charge in [0.25, 0.3) is 0 Å². The summed E-state index contributed by atoms with van der Waals surface area (Å²) >= 11 is 1.46. The summed E-state index contributed by atoms with van der Waals surface area (Å²) < 4.78 is 0. The van der Waals surface area contributed by atoms with Crippen molar-refractivity contribution in [2.75, 3.05) is 13.1 Å². The van der Waals surface area contributed by atoms with E-state index in [0.29, 0.717) is 5.25 Å². The van der Waals surface area contributed by atoms with Gasteiger partial charge in [-0.25, -0.2) is 0 Å². The van der Waals surface area contributed by atoms with Crippen LogP contribution in [0.15, 0.2) is 35.9 Å². The highest BCUT2D eigenvalue weighted by Crippen LogP contribution is 2.26. The van der Waals surface area contributed by atoms with E-state index in [4.69, 9.17) is 0 Å². The van der Waals surface area contributed by atoms with Crippen LogP contribution in [0.5, 0.6) is 0 Å². The summed E-state index contributed by atoms with van der Waals surface area (Å²) in [5.41, 5.74) is 2.53. The minimum absolute atomic E-state index is 0.205. The van der Waals surface area contributed by atoms with Crippen LogP contribution >= 0.6 is 11.8 Å². The van der Waals surface area contributed by atoms with Gasteiger partial charge >= 0.3 is 0 Å². The molecule has 2 nitrogen and oxygen atoms in total. The molecule has 0 aromatic heterocycles. The minimum Gasteiger partial charge on any atom is -0.313 e. The molecular weight excluding hydrogens is 230 g/mol. The fourth-order valence-electron chi connectivity index (χ4n) is 2.01. The summed E-state index contributed by atoms with van der Waals surface area (Å²) in [6.45, 7) is 3.53. The van der Waals surface area contributed by atoms with Crippen molar-refractivity contribution in [1.29, 1.82) is 0 Å². The Morgan fingerprint density at radius 3 is 2.88 bits per heavy atom. The summed E-state index contributed by atoms with van der Waals surface area (Å²) in [5, 5.41) is 3.91. The average molecular weight is 247 g/mol. The van der Waals surface area contributed by atoms with Crippen molar-refractivity contribution in [3.05, 3.63) is 41.5 Å². The van der Waals surface area contributed by atoms with Gasteiger partial charge in [-0.3, -0.25) is 4.79 Å². The largest absolute Gasteiger partial charge is 0.313 e. The van der Waals surface area contributed by atoms with Gasteiger partial charge in [0.1, 0.15) is 0 Å².